The lowest BCUT2D eigenvalue weighted by atomic mass is 9.99. The highest BCUT2D eigenvalue weighted by atomic mass is 32.2. The van der Waals surface area contributed by atoms with Crippen LogP contribution in [0.5, 0.6) is 0 Å². The highest BCUT2D eigenvalue weighted by Gasteiger charge is 2.30. The Bertz CT molecular complexity index is 325. The van der Waals surface area contributed by atoms with Gasteiger partial charge >= 0.3 is 0 Å². The lowest BCUT2D eigenvalue weighted by molar-refractivity contribution is 0.111. The number of nitrogens with zero attached hydrogens (tertiary/aromatic N) is 1. The Kier molecular flexibility index (Phi) is 4.37. The Morgan fingerprint density at radius 1 is 1.44 bits per heavy atom. The van der Waals surface area contributed by atoms with E-state index in [2.05, 4.69) is 31.0 Å². The predicted molar refractivity (Wildman–Crippen MR) is 67.4 cm³/mol. The molecule has 1 N–H and O–H groups in total. The van der Waals surface area contributed by atoms with Gasteiger partial charge in [-0.15, -0.1) is 0 Å². The first-order valence-corrected chi connectivity index (χ1v) is 7.77. The summed E-state index contributed by atoms with van der Waals surface area (Å²) in [6, 6.07) is 0.417. The fourth-order valence-electron chi connectivity index (χ4n) is 1.97. The lowest BCUT2D eigenvalue weighted by Gasteiger charge is -2.43. The third-order valence-corrected chi connectivity index (χ3v) is 4.91. The smallest absolute Gasteiger partial charge is 0.151 e. The van der Waals surface area contributed by atoms with E-state index < -0.39 is 9.84 Å². The van der Waals surface area contributed by atoms with Gasteiger partial charge < -0.3 is 5.32 Å². The van der Waals surface area contributed by atoms with Crippen LogP contribution in [0.3, 0.4) is 0 Å². The third-order valence-electron chi connectivity index (χ3n) is 3.23. The van der Waals surface area contributed by atoms with Crippen molar-refractivity contribution >= 4 is 9.84 Å². The molecule has 0 aliphatic carbocycles. The summed E-state index contributed by atoms with van der Waals surface area (Å²) in [7, 11) is -2.84. The zero-order valence-corrected chi connectivity index (χ0v) is 11.6. The van der Waals surface area contributed by atoms with Crippen molar-refractivity contribution in [3.63, 3.8) is 0 Å². The van der Waals surface area contributed by atoms with Crippen LogP contribution < -0.4 is 5.32 Å². The normalized spacial score (nSPS) is 26.9. The zero-order valence-electron chi connectivity index (χ0n) is 10.8. The summed E-state index contributed by atoms with van der Waals surface area (Å²) in [5.74, 6) is 0.529. The van der Waals surface area contributed by atoms with Gasteiger partial charge in [0.05, 0.1) is 5.75 Å². The maximum absolute atomic E-state index is 11.5. The molecule has 1 heterocycles. The minimum absolute atomic E-state index is 0.0858. The van der Waals surface area contributed by atoms with Crippen molar-refractivity contribution in [2.75, 3.05) is 31.1 Å². The quantitative estimate of drug-likeness (QED) is 0.787. The molecule has 0 amide bonds. The average molecular weight is 248 g/mol. The first kappa shape index (κ1) is 13.9. The number of piperazine rings is 1. The SMILES string of the molecule is CCS(=O)(=O)CCN1CC(C)(C)NCC1C. The van der Waals surface area contributed by atoms with Crippen molar-refractivity contribution in [2.45, 2.75) is 39.3 Å². The molecular formula is C11H24N2O2S. The number of nitrogens with one attached hydrogen (secondary N) is 1. The van der Waals surface area contributed by atoms with E-state index in [0.29, 0.717) is 12.6 Å². The van der Waals surface area contributed by atoms with Gasteiger partial charge in [0.1, 0.15) is 0 Å². The first-order valence-electron chi connectivity index (χ1n) is 5.95. The van der Waals surface area contributed by atoms with Crippen LogP contribution in [0.2, 0.25) is 0 Å². The van der Waals surface area contributed by atoms with Crippen LogP contribution in [-0.4, -0.2) is 56.0 Å². The van der Waals surface area contributed by atoms with E-state index in [0.717, 1.165) is 13.1 Å². The Hall–Kier alpha value is -0.130. The van der Waals surface area contributed by atoms with E-state index in [1.807, 2.05) is 0 Å². The van der Waals surface area contributed by atoms with E-state index in [9.17, 15) is 8.42 Å². The third kappa shape index (κ3) is 4.03. The molecule has 16 heavy (non-hydrogen) atoms. The van der Waals surface area contributed by atoms with E-state index in [1.165, 1.54) is 0 Å². The molecule has 1 saturated heterocycles. The highest BCUT2D eigenvalue weighted by Crippen LogP contribution is 2.14. The van der Waals surface area contributed by atoms with E-state index in [-0.39, 0.29) is 17.0 Å². The second-order valence-electron chi connectivity index (χ2n) is 5.32. The van der Waals surface area contributed by atoms with Crippen molar-refractivity contribution in [3.05, 3.63) is 0 Å². The molecule has 1 aliphatic heterocycles. The molecule has 4 nitrogen and oxygen atoms in total. The molecule has 0 aromatic rings. The summed E-state index contributed by atoms with van der Waals surface area (Å²) in [6.07, 6.45) is 0. The zero-order chi connectivity index (χ0) is 12.4. The Morgan fingerprint density at radius 3 is 2.62 bits per heavy atom. The summed E-state index contributed by atoms with van der Waals surface area (Å²) in [5.41, 5.74) is 0.0858. The van der Waals surface area contributed by atoms with E-state index in [4.69, 9.17) is 0 Å². The molecule has 0 aromatic carbocycles. The maximum Gasteiger partial charge on any atom is 0.151 e. The number of rotatable bonds is 4. The topological polar surface area (TPSA) is 49.4 Å². The van der Waals surface area contributed by atoms with Crippen LogP contribution in [0, 0.1) is 0 Å². The number of sulfone groups is 1. The lowest BCUT2D eigenvalue weighted by Crippen LogP contribution is -2.61. The summed E-state index contributed by atoms with van der Waals surface area (Å²) >= 11 is 0. The highest BCUT2D eigenvalue weighted by molar-refractivity contribution is 7.91. The summed E-state index contributed by atoms with van der Waals surface area (Å²) in [6.45, 7) is 10.6. The van der Waals surface area contributed by atoms with Crippen LogP contribution in [-0.2, 0) is 9.84 Å². The summed E-state index contributed by atoms with van der Waals surface area (Å²) in [4.78, 5) is 2.27. The van der Waals surface area contributed by atoms with Crippen molar-refractivity contribution in [2.24, 2.45) is 0 Å². The molecule has 1 aliphatic rings. The van der Waals surface area contributed by atoms with Crippen LogP contribution in [0.4, 0.5) is 0 Å². The maximum atomic E-state index is 11.5. The molecule has 0 bridgehead atoms. The average Bonchev–Trinajstić information content (AvgIpc) is 2.20. The Balaban J connectivity index is 2.52. The fraction of sp³-hybridized carbons (Fsp3) is 1.00. The van der Waals surface area contributed by atoms with Gasteiger partial charge in [-0.2, -0.15) is 0 Å². The van der Waals surface area contributed by atoms with Gasteiger partial charge in [0.15, 0.2) is 9.84 Å². The molecule has 5 heteroatoms. The van der Waals surface area contributed by atoms with Gasteiger partial charge in [0.2, 0.25) is 0 Å². The molecule has 0 aromatic heterocycles. The molecule has 1 atom stereocenters. The van der Waals surface area contributed by atoms with Crippen LogP contribution >= 0.6 is 0 Å². The molecule has 1 unspecified atom stereocenters. The summed E-state index contributed by atoms with van der Waals surface area (Å²) < 4.78 is 22.9. The number of hydrogen-bond acceptors (Lipinski definition) is 4. The molecule has 1 fully saturated rings. The Morgan fingerprint density at radius 2 is 2.06 bits per heavy atom. The fourth-order valence-corrected chi connectivity index (χ4v) is 2.77. The largest absolute Gasteiger partial charge is 0.309 e. The first-order chi connectivity index (χ1) is 7.26. The molecular weight excluding hydrogens is 224 g/mol. The van der Waals surface area contributed by atoms with E-state index in [1.54, 1.807) is 6.92 Å². The monoisotopic (exact) mass is 248 g/mol. The molecule has 0 spiro atoms. The standard InChI is InChI=1S/C11H24N2O2S/c1-5-16(14,15)7-6-13-9-11(3,4)12-8-10(13)2/h10,12H,5-9H2,1-4H3. The van der Waals surface area contributed by atoms with Crippen LogP contribution in [0.15, 0.2) is 0 Å². The van der Waals surface area contributed by atoms with Gasteiger partial charge in [0.25, 0.3) is 0 Å². The van der Waals surface area contributed by atoms with Crippen LogP contribution in [0.1, 0.15) is 27.7 Å². The minimum Gasteiger partial charge on any atom is -0.309 e. The van der Waals surface area contributed by atoms with Crippen molar-refractivity contribution in [3.8, 4) is 0 Å². The van der Waals surface area contributed by atoms with Gasteiger partial charge in [0, 0.05) is 37.0 Å². The minimum atomic E-state index is -2.84. The van der Waals surface area contributed by atoms with Gasteiger partial charge in [-0.05, 0) is 20.8 Å². The second kappa shape index (κ2) is 5.02. The second-order valence-corrected chi connectivity index (χ2v) is 7.79. The molecule has 0 saturated carbocycles. The van der Waals surface area contributed by atoms with Crippen molar-refractivity contribution < 1.29 is 8.42 Å². The van der Waals surface area contributed by atoms with Gasteiger partial charge in [-0.3, -0.25) is 4.90 Å². The Labute approximate surface area is 99.3 Å². The van der Waals surface area contributed by atoms with Gasteiger partial charge in [-0.25, -0.2) is 8.42 Å². The van der Waals surface area contributed by atoms with Crippen molar-refractivity contribution in [1.82, 2.24) is 10.2 Å². The van der Waals surface area contributed by atoms with Crippen molar-refractivity contribution in [1.29, 1.82) is 0 Å². The molecule has 0 radical (unpaired) electrons. The van der Waals surface area contributed by atoms with E-state index >= 15 is 0 Å². The molecule has 1 rings (SSSR count). The van der Waals surface area contributed by atoms with Crippen LogP contribution in [0.25, 0.3) is 0 Å². The number of hydrogen-bond donors (Lipinski definition) is 1. The summed E-state index contributed by atoms with van der Waals surface area (Å²) in [5, 5.41) is 3.46. The molecule has 96 valence electrons. The van der Waals surface area contributed by atoms with Gasteiger partial charge in [-0.1, -0.05) is 6.92 Å². The predicted octanol–water partition coefficient (Wildman–Crippen LogP) is 0.493.